The fourth-order valence-corrected chi connectivity index (χ4v) is 1.79. The molecule has 0 saturated heterocycles. The molecule has 2 aromatic rings. The molecule has 112 valence electrons. The van der Waals surface area contributed by atoms with E-state index in [0.717, 1.165) is 5.69 Å². The lowest BCUT2D eigenvalue weighted by Crippen LogP contribution is -2.32. The third-order valence-corrected chi connectivity index (χ3v) is 2.61. The minimum Gasteiger partial charge on any atom is -0.444 e. The molecule has 0 aliphatic rings. The fraction of sp³-hybridized carbons (Fsp3) is 0.333. The first-order valence-electron chi connectivity index (χ1n) is 6.59. The van der Waals surface area contributed by atoms with Crippen molar-refractivity contribution in [1.82, 2.24) is 14.9 Å². The number of alkyl carbamates (subject to hydrolysis) is 1. The molecule has 1 N–H and O–H groups in total. The standard InChI is InChI=1S/C15H18FN3O2/c1-15(2,3)21-14(20)18-9-13-8-17-10-19(13)12-6-4-5-11(16)7-12/h4-8,10H,9H2,1-3H3,(H,18,20). The summed E-state index contributed by atoms with van der Waals surface area (Å²) in [4.78, 5) is 15.7. The summed E-state index contributed by atoms with van der Waals surface area (Å²) < 4.78 is 20.1. The first kappa shape index (κ1) is 15.0. The van der Waals surface area contributed by atoms with Crippen molar-refractivity contribution < 1.29 is 13.9 Å². The Balaban J connectivity index is 2.06. The van der Waals surface area contributed by atoms with Crippen LogP contribution in [0, 0.1) is 5.82 Å². The predicted molar refractivity (Wildman–Crippen MR) is 76.6 cm³/mol. The molecule has 1 heterocycles. The molecule has 5 nitrogen and oxygen atoms in total. The van der Waals surface area contributed by atoms with Crippen molar-refractivity contribution in [2.45, 2.75) is 32.9 Å². The van der Waals surface area contributed by atoms with Gasteiger partial charge in [-0.15, -0.1) is 0 Å². The number of benzene rings is 1. The van der Waals surface area contributed by atoms with Gasteiger partial charge >= 0.3 is 6.09 Å². The average Bonchev–Trinajstić information content (AvgIpc) is 2.82. The number of carbonyl (C=O) groups excluding carboxylic acids is 1. The Morgan fingerprint density at radius 2 is 2.19 bits per heavy atom. The lowest BCUT2D eigenvalue weighted by molar-refractivity contribution is 0.0522. The third kappa shape index (κ3) is 4.30. The van der Waals surface area contributed by atoms with Crippen LogP contribution in [0.15, 0.2) is 36.8 Å². The summed E-state index contributed by atoms with van der Waals surface area (Å²) >= 11 is 0. The molecule has 0 aliphatic heterocycles. The van der Waals surface area contributed by atoms with E-state index in [1.54, 1.807) is 50.0 Å². The van der Waals surface area contributed by atoms with E-state index in [1.807, 2.05) is 0 Å². The number of hydrogen-bond donors (Lipinski definition) is 1. The number of rotatable bonds is 3. The van der Waals surface area contributed by atoms with Crippen LogP contribution in [0.3, 0.4) is 0 Å². The van der Waals surface area contributed by atoms with Gasteiger partial charge in [-0.25, -0.2) is 14.2 Å². The number of nitrogens with one attached hydrogen (secondary N) is 1. The summed E-state index contributed by atoms with van der Waals surface area (Å²) in [7, 11) is 0. The lowest BCUT2D eigenvalue weighted by Gasteiger charge is -2.19. The van der Waals surface area contributed by atoms with E-state index < -0.39 is 11.7 Å². The second-order valence-electron chi connectivity index (χ2n) is 5.59. The molecule has 0 saturated carbocycles. The zero-order valence-corrected chi connectivity index (χ0v) is 12.3. The van der Waals surface area contributed by atoms with E-state index in [9.17, 15) is 9.18 Å². The Bertz CT molecular complexity index is 632. The maximum absolute atomic E-state index is 13.3. The molecule has 6 heteroatoms. The minimum absolute atomic E-state index is 0.241. The lowest BCUT2D eigenvalue weighted by atomic mass is 10.2. The molecule has 0 aliphatic carbocycles. The van der Waals surface area contributed by atoms with Gasteiger partial charge in [0.2, 0.25) is 0 Å². The van der Waals surface area contributed by atoms with Crippen molar-refractivity contribution in [3.63, 3.8) is 0 Å². The van der Waals surface area contributed by atoms with Crippen molar-refractivity contribution >= 4 is 6.09 Å². The monoisotopic (exact) mass is 291 g/mol. The smallest absolute Gasteiger partial charge is 0.407 e. The summed E-state index contributed by atoms with van der Waals surface area (Å²) in [5.74, 6) is -0.327. The second kappa shape index (κ2) is 5.95. The first-order valence-corrected chi connectivity index (χ1v) is 6.59. The number of hydrogen-bond acceptors (Lipinski definition) is 3. The molecule has 1 amide bonds. The topological polar surface area (TPSA) is 56.1 Å². The van der Waals surface area contributed by atoms with Crippen molar-refractivity contribution in [3.05, 3.63) is 48.3 Å². The Hall–Kier alpha value is -2.37. The van der Waals surface area contributed by atoms with Gasteiger partial charge in [0.25, 0.3) is 0 Å². The number of aromatic nitrogens is 2. The van der Waals surface area contributed by atoms with Crippen LogP contribution in [-0.2, 0) is 11.3 Å². The molecular formula is C15H18FN3O2. The van der Waals surface area contributed by atoms with Gasteiger partial charge in [-0.05, 0) is 39.0 Å². The van der Waals surface area contributed by atoms with Crippen LogP contribution in [0.5, 0.6) is 0 Å². The highest BCUT2D eigenvalue weighted by molar-refractivity contribution is 5.67. The van der Waals surface area contributed by atoms with Gasteiger partial charge in [-0.2, -0.15) is 0 Å². The average molecular weight is 291 g/mol. The van der Waals surface area contributed by atoms with Gasteiger partial charge < -0.3 is 14.6 Å². The van der Waals surface area contributed by atoms with E-state index in [4.69, 9.17) is 4.74 Å². The van der Waals surface area contributed by atoms with Crippen LogP contribution in [-0.4, -0.2) is 21.2 Å². The van der Waals surface area contributed by atoms with Crippen LogP contribution in [0.1, 0.15) is 26.5 Å². The number of ether oxygens (including phenoxy) is 1. The molecule has 0 bridgehead atoms. The summed E-state index contributed by atoms with van der Waals surface area (Å²) in [6.45, 7) is 5.63. The maximum atomic E-state index is 13.3. The van der Waals surface area contributed by atoms with Crippen LogP contribution in [0.25, 0.3) is 5.69 Å². The summed E-state index contributed by atoms with van der Waals surface area (Å²) in [5, 5.41) is 2.65. The number of amides is 1. The fourth-order valence-electron chi connectivity index (χ4n) is 1.79. The highest BCUT2D eigenvalue weighted by atomic mass is 19.1. The van der Waals surface area contributed by atoms with Gasteiger partial charge in [0.1, 0.15) is 11.4 Å². The third-order valence-electron chi connectivity index (χ3n) is 2.61. The van der Waals surface area contributed by atoms with E-state index in [1.165, 1.54) is 12.1 Å². The minimum atomic E-state index is -0.549. The van der Waals surface area contributed by atoms with Crippen LogP contribution >= 0.6 is 0 Å². The van der Waals surface area contributed by atoms with Gasteiger partial charge in [-0.1, -0.05) is 6.07 Å². The zero-order chi connectivity index (χ0) is 15.5. The second-order valence-corrected chi connectivity index (χ2v) is 5.59. The van der Waals surface area contributed by atoms with Gasteiger partial charge in [0, 0.05) is 5.69 Å². The number of imidazole rings is 1. The summed E-state index contributed by atoms with van der Waals surface area (Å²) in [6, 6.07) is 6.16. The molecule has 21 heavy (non-hydrogen) atoms. The molecule has 1 aromatic carbocycles. The largest absolute Gasteiger partial charge is 0.444 e. The molecule has 0 fully saturated rings. The quantitative estimate of drug-likeness (QED) is 0.945. The Morgan fingerprint density at radius 1 is 1.43 bits per heavy atom. The van der Waals surface area contributed by atoms with Crippen LogP contribution in [0.2, 0.25) is 0 Å². The van der Waals surface area contributed by atoms with E-state index in [0.29, 0.717) is 5.69 Å². The molecule has 0 radical (unpaired) electrons. The van der Waals surface area contributed by atoms with Gasteiger partial charge in [-0.3, -0.25) is 0 Å². The van der Waals surface area contributed by atoms with Gasteiger partial charge in [0.15, 0.2) is 0 Å². The van der Waals surface area contributed by atoms with E-state index in [2.05, 4.69) is 10.3 Å². The van der Waals surface area contributed by atoms with Crippen molar-refractivity contribution in [3.8, 4) is 5.69 Å². The molecule has 0 spiro atoms. The normalized spacial score (nSPS) is 11.2. The van der Waals surface area contributed by atoms with E-state index >= 15 is 0 Å². The summed E-state index contributed by atoms with van der Waals surface area (Å²) in [6.07, 6.45) is 2.68. The molecule has 2 rings (SSSR count). The molecule has 0 atom stereocenters. The van der Waals surface area contributed by atoms with Crippen LogP contribution < -0.4 is 5.32 Å². The SMILES string of the molecule is CC(C)(C)OC(=O)NCc1cncn1-c1cccc(F)c1. The summed E-state index contributed by atoms with van der Waals surface area (Å²) in [5.41, 5.74) is 0.826. The van der Waals surface area contributed by atoms with Crippen LogP contribution in [0.4, 0.5) is 9.18 Å². The molecule has 0 unspecified atom stereocenters. The number of carbonyl (C=O) groups is 1. The highest BCUT2D eigenvalue weighted by Crippen LogP contribution is 2.13. The Kier molecular flexibility index (Phi) is 4.26. The Labute approximate surface area is 122 Å². The maximum Gasteiger partial charge on any atom is 0.407 e. The first-order chi connectivity index (χ1) is 9.85. The van der Waals surface area contributed by atoms with Crippen molar-refractivity contribution in [2.24, 2.45) is 0 Å². The highest BCUT2D eigenvalue weighted by Gasteiger charge is 2.16. The van der Waals surface area contributed by atoms with Crippen molar-refractivity contribution in [2.75, 3.05) is 0 Å². The van der Waals surface area contributed by atoms with E-state index in [-0.39, 0.29) is 12.4 Å². The molecular weight excluding hydrogens is 273 g/mol. The molecule has 1 aromatic heterocycles. The number of nitrogens with zero attached hydrogens (tertiary/aromatic N) is 2. The number of halogens is 1. The van der Waals surface area contributed by atoms with Crippen molar-refractivity contribution in [1.29, 1.82) is 0 Å². The van der Waals surface area contributed by atoms with Gasteiger partial charge in [0.05, 0.1) is 24.8 Å². The Morgan fingerprint density at radius 3 is 2.86 bits per heavy atom. The zero-order valence-electron chi connectivity index (χ0n) is 12.3. The predicted octanol–water partition coefficient (Wildman–Crippen LogP) is 3.04.